The largest absolute Gasteiger partial charge is 0.383 e. The van der Waals surface area contributed by atoms with Crippen molar-refractivity contribution in [2.24, 2.45) is 0 Å². The first-order valence-electron chi connectivity index (χ1n) is 5.05. The van der Waals surface area contributed by atoms with E-state index in [-0.39, 0.29) is 0 Å². The molecular formula is C10H13Cl2N3OS. The fraction of sp³-hybridized carbons (Fsp3) is 0.600. The van der Waals surface area contributed by atoms with E-state index < -0.39 is 0 Å². The summed E-state index contributed by atoms with van der Waals surface area (Å²) < 4.78 is 5.03. The molecule has 4 nitrogen and oxygen atoms in total. The SMILES string of the molecule is COCCN(CCC#N)c1nc(Cl)c(CCl)s1. The standard InChI is InChI=1S/C10H13Cl2N3OS/c1-16-6-5-15(4-2-3-13)10-14-9(12)8(7-11)17-10/h2,4-7H2,1H3. The molecule has 0 atom stereocenters. The van der Waals surface area contributed by atoms with Crippen molar-refractivity contribution in [2.45, 2.75) is 12.3 Å². The second-order valence-electron chi connectivity index (χ2n) is 3.23. The first-order valence-corrected chi connectivity index (χ1v) is 6.77. The molecule has 17 heavy (non-hydrogen) atoms. The van der Waals surface area contributed by atoms with Crippen LogP contribution in [0.25, 0.3) is 0 Å². The summed E-state index contributed by atoms with van der Waals surface area (Å²) in [7, 11) is 1.64. The van der Waals surface area contributed by atoms with Crippen molar-refractivity contribution in [3.63, 3.8) is 0 Å². The monoisotopic (exact) mass is 293 g/mol. The zero-order valence-corrected chi connectivity index (χ0v) is 11.8. The number of hydrogen-bond donors (Lipinski definition) is 0. The van der Waals surface area contributed by atoms with E-state index in [2.05, 4.69) is 11.1 Å². The zero-order valence-electron chi connectivity index (χ0n) is 9.45. The molecule has 0 unspecified atom stereocenters. The molecule has 1 aromatic rings. The molecular weight excluding hydrogens is 281 g/mol. The molecule has 0 saturated heterocycles. The number of hydrogen-bond acceptors (Lipinski definition) is 5. The first kappa shape index (κ1) is 14.5. The highest BCUT2D eigenvalue weighted by Gasteiger charge is 2.14. The highest BCUT2D eigenvalue weighted by Crippen LogP contribution is 2.30. The van der Waals surface area contributed by atoms with Gasteiger partial charge < -0.3 is 9.64 Å². The van der Waals surface area contributed by atoms with Gasteiger partial charge in [-0.2, -0.15) is 5.26 Å². The molecule has 0 aliphatic carbocycles. The van der Waals surface area contributed by atoms with E-state index in [9.17, 15) is 0 Å². The summed E-state index contributed by atoms with van der Waals surface area (Å²) >= 11 is 13.2. The van der Waals surface area contributed by atoms with E-state index in [0.29, 0.717) is 37.2 Å². The van der Waals surface area contributed by atoms with Crippen LogP contribution in [0, 0.1) is 11.3 Å². The molecule has 0 fully saturated rings. The van der Waals surface area contributed by atoms with Crippen LogP contribution in [-0.2, 0) is 10.6 Å². The quantitative estimate of drug-likeness (QED) is 0.726. The van der Waals surface area contributed by atoms with Crippen molar-refractivity contribution in [3.8, 4) is 6.07 Å². The number of alkyl halides is 1. The maximum Gasteiger partial charge on any atom is 0.187 e. The summed E-state index contributed by atoms with van der Waals surface area (Å²) in [5.74, 6) is 0.354. The molecule has 0 aliphatic rings. The molecule has 0 aliphatic heterocycles. The molecule has 1 rings (SSSR count). The van der Waals surface area contributed by atoms with Crippen LogP contribution in [0.5, 0.6) is 0 Å². The maximum absolute atomic E-state index is 8.62. The highest BCUT2D eigenvalue weighted by atomic mass is 35.5. The lowest BCUT2D eigenvalue weighted by atomic mass is 10.4. The van der Waals surface area contributed by atoms with Crippen LogP contribution in [0.15, 0.2) is 0 Å². The van der Waals surface area contributed by atoms with E-state index in [0.717, 1.165) is 10.0 Å². The van der Waals surface area contributed by atoms with Crippen LogP contribution in [0.3, 0.4) is 0 Å². The van der Waals surface area contributed by atoms with Gasteiger partial charge in [0.2, 0.25) is 0 Å². The number of anilines is 1. The van der Waals surface area contributed by atoms with Crippen molar-refractivity contribution >= 4 is 39.7 Å². The lowest BCUT2D eigenvalue weighted by Gasteiger charge is -2.19. The molecule has 0 aromatic carbocycles. The fourth-order valence-corrected chi connectivity index (χ4v) is 2.75. The van der Waals surface area contributed by atoms with Crippen molar-refractivity contribution in [1.82, 2.24) is 4.98 Å². The van der Waals surface area contributed by atoms with Gasteiger partial charge in [0.1, 0.15) is 5.15 Å². The van der Waals surface area contributed by atoms with Crippen molar-refractivity contribution in [3.05, 3.63) is 10.0 Å². The van der Waals surface area contributed by atoms with Crippen LogP contribution in [0.4, 0.5) is 5.13 Å². The van der Waals surface area contributed by atoms with E-state index in [1.54, 1.807) is 7.11 Å². The molecule has 94 valence electrons. The second kappa shape index (κ2) is 7.72. The van der Waals surface area contributed by atoms with Crippen molar-refractivity contribution in [1.29, 1.82) is 5.26 Å². The summed E-state index contributed by atoms with van der Waals surface area (Å²) in [5, 5.41) is 9.85. The minimum Gasteiger partial charge on any atom is -0.383 e. The molecule has 0 saturated carbocycles. The molecule has 0 bridgehead atoms. The van der Waals surface area contributed by atoms with Gasteiger partial charge >= 0.3 is 0 Å². The lowest BCUT2D eigenvalue weighted by Crippen LogP contribution is -2.28. The summed E-state index contributed by atoms with van der Waals surface area (Å²) in [6, 6.07) is 2.12. The third-order valence-corrected chi connectivity index (χ3v) is 4.06. The van der Waals surface area contributed by atoms with Gasteiger partial charge in [0, 0.05) is 20.2 Å². The van der Waals surface area contributed by atoms with E-state index in [4.69, 9.17) is 33.2 Å². The second-order valence-corrected chi connectivity index (χ2v) is 4.92. The Hall–Kier alpha value is -0.540. The van der Waals surface area contributed by atoms with Crippen LogP contribution in [0.2, 0.25) is 5.15 Å². The number of rotatable bonds is 7. The Kier molecular flexibility index (Phi) is 6.60. The number of halogens is 2. The molecule has 0 spiro atoms. The first-order chi connectivity index (χ1) is 8.22. The van der Waals surface area contributed by atoms with Gasteiger partial charge in [-0.05, 0) is 0 Å². The third kappa shape index (κ3) is 4.32. The average Bonchev–Trinajstić information content (AvgIpc) is 2.70. The number of aromatic nitrogens is 1. The summed E-state index contributed by atoms with van der Waals surface area (Å²) in [5.41, 5.74) is 0. The van der Waals surface area contributed by atoms with Crippen LogP contribution < -0.4 is 4.90 Å². The Bertz CT molecular complexity index is 391. The lowest BCUT2D eigenvalue weighted by molar-refractivity contribution is 0.205. The van der Waals surface area contributed by atoms with Crippen LogP contribution in [-0.4, -0.2) is 31.8 Å². The van der Waals surface area contributed by atoms with E-state index >= 15 is 0 Å². The van der Waals surface area contributed by atoms with Crippen molar-refractivity contribution < 1.29 is 4.74 Å². The van der Waals surface area contributed by atoms with Gasteiger partial charge in [0.05, 0.1) is 29.9 Å². The van der Waals surface area contributed by atoms with Gasteiger partial charge in [-0.1, -0.05) is 22.9 Å². The Morgan fingerprint density at radius 2 is 2.29 bits per heavy atom. The molecule has 0 N–H and O–H groups in total. The average molecular weight is 294 g/mol. The van der Waals surface area contributed by atoms with Gasteiger partial charge in [0.15, 0.2) is 5.13 Å². The fourth-order valence-electron chi connectivity index (χ4n) is 1.23. The topological polar surface area (TPSA) is 49.1 Å². The summed E-state index contributed by atoms with van der Waals surface area (Å²) in [4.78, 5) is 7.08. The third-order valence-electron chi connectivity index (χ3n) is 2.09. The highest BCUT2D eigenvalue weighted by molar-refractivity contribution is 7.16. The Morgan fingerprint density at radius 3 is 2.82 bits per heavy atom. The smallest absolute Gasteiger partial charge is 0.187 e. The normalized spacial score (nSPS) is 10.2. The molecule has 1 aromatic heterocycles. The molecule has 0 amide bonds. The Balaban J connectivity index is 2.76. The molecule has 0 radical (unpaired) electrons. The predicted molar refractivity (Wildman–Crippen MR) is 71.0 cm³/mol. The Labute approximate surface area is 115 Å². The van der Waals surface area contributed by atoms with Gasteiger partial charge in [-0.3, -0.25) is 0 Å². The number of methoxy groups -OCH3 is 1. The minimum atomic E-state index is 0.354. The maximum atomic E-state index is 8.62. The Morgan fingerprint density at radius 1 is 1.53 bits per heavy atom. The molecule has 7 heteroatoms. The summed E-state index contributed by atoms with van der Waals surface area (Å²) in [6.45, 7) is 1.88. The van der Waals surface area contributed by atoms with Crippen molar-refractivity contribution in [2.75, 3.05) is 31.7 Å². The van der Waals surface area contributed by atoms with Gasteiger partial charge in [-0.25, -0.2) is 4.98 Å². The predicted octanol–water partition coefficient (Wildman–Crippen LogP) is 2.90. The number of ether oxygens (including phenoxy) is 1. The van der Waals surface area contributed by atoms with E-state index in [1.807, 2.05) is 4.90 Å². The van der Waals surface area contributed by atoms with Crippen LogP contribution >= 0.6 is 34.5 Å². The van der Waals surface area contributed by atoms with E-state index in [1.165, 1.54) is 11.3 Å². The number of nitriles is 1. The number of nitrogens with zero attached hydrogens (tertiary/aromatic N) is 3. The number of thiazole rings is 1. The van der Waals surface area contributed by atoms with Gasteiger partial charge in [0.25, 0.3) is 0 Å². The summed E-state index contributed by atoms with van der Waals surface area (Å²) in [6.07, 6.45) is 0.442. The van der Waals surface area contributed by atoms with Gasteiger partial charge in [-0.15, -0.1) is 11.6 Å². The van der Waals surface area contributed by atoms with Crippen LogP contribution in [0.1, 0.15) is 11.3 Å². The minimum absolute atomic E-state index is 0.354. The zero-order chi connectivity index (χ0) is 12.7. The molecule has 1 heterocycles.